The number of amidine groups is 1. The van der Waals surface area contributed by atoms with Crippen LogP contribution in [-0.2, 0) is 24.1 Å². The van der Waals surface area contributed by atoms with E-state index in [0.29, 0.717) is 24.6 Å². The number of nitrogens with one attached hydrogen (secondary N) is 2. The molecule has 1 aromatic heterocycles. The molecule has 3 aliphatic rings. The number of hydrogen-bond donors (Lipinski definition) is 2. The average molecular weight is 475 g/mol. The Bertz CT molecular complexity index is 1140. The Hall–Kier alpha value is -2.98. The minimum Gasteiger partial charge on any atom is -0.352 e. The highest BCUT2D eigenvalue weighted by atomic mass is 32.1. The second-order valence-electron chi connectivity index (χ2n) is 9.82. The zero-order chi connectivity index (χ0) is 23.5. The van der Waals surface area contributed by atoms with Crippen LogP contribution in [0.3, 0.4) is 0 Å². The molecule has 1 aromatic carbocycles. The predicted molar refractivity (Wildman–Crippen MR) is 133 cm³/mol. The van der Waals surface area contributed by atoms with Crippen molar-refractivity contribution in [2.24, 2.45) is 22.7 Å². The van der Waals surface area contributed by atoms with Crippen molar-refractivity contribution in [1.29, 1.82) is 5.26 Å². The molecule has 1 unspecified atom stereocenters. The summed E-state index contributed by atoms with van der Waals surface area (Å²) >= 11 is 1.67. The summed E-state index contributed by atoms with van der Waals surface area (Å²) in [4.78, 5) is 32.7. The normalized spacial score (nSPS) is 19.7. The van der Waals surface area contributed by atoms with Gasteiger partial charge in [-0.25, -0.2) is 4.99 Å². The number of para-hydroxylation sites is 1. The van der Waals surface area contributed by atoms with Crippen LogP contribution in [0.4, 0.5) is 5.69 Å². The molecule has 176 valence electrons. The number of fused-ring (bicyclic) bond motifs is 1. The number of ketones is 1. The van der Waals surface area contributed by atoms with Crippen LogP contribution in [0.15, 0.2) is 35.3 Å². The molecule has 3 aliphatic carbocycles. The highest BCUT2D eigenvalue weighted by molar-refractivity contribution is 7.12. The second-order valence-corrected chi connectivity index (χ2v) is 11.0. The summed E-state index contributed by atoms with van der Waals surface area (Å²) < 4.78 is 0. The van der Waals surface area contributed by atoms with E-state index in [-0.39, 0.29) is 23.5 Å². The fraction of sp³-hybridized carbons (Fsp3) is 0.481. The molecule has 2 N–H and O–H groups in total. The van der Waals surface area contributed by atoms with Crippen LogP contribution in [0.1, 0.15) is 64.2 Å². The highest BCUT2D eigenvalue weighted by Gasteiger charge is 2.34. The van der Waals surface area contributed by atoms with Crippen molar-refractivity contribution >= 4 is 34.6 Å². The summed E-state index contributed by atoms with van der Waals surface area (Å²) in [7, 11) is 0. The number of Topliss-reactive ketones (excluding diaryl/α,β-unsaturated/α-hetero) is 1. The van der Waals surface area contributed by atoms with Crippen molar-refractivity contribution in [2.45, 2.75) is 57.8 Å². The smallest absolute Gasteiger partial charge is 0.252 e. The number of hydrogen-bond acceptors (Lipinski definition) is 5. The van der Waals surface area contributed by atoms with E-state index in [1.807, 2.05) is 36.5 Å². The first kappa shape index (κ1) is 22.8. The van der Waals surface area contributed by atoms with Crippen LogP contribution in [0.25, 0.3) is 0 Å². The molecule has 5 rings (SSSR count). The summed E-state index contributed by atoms with van der Waals surface area (Å²) in [5.41, 5.74) is 2.69. The minimum absolute atomic E-state index is 0.0167. The number of aryl methyl sites for hydroxylation is 1. The molecule has 1 atom stereocenters. The van der Waals surface area contributed by atoms with Gasteiger partial charge in [-0.3, -0.25) is 14.9 Å². The molecule has 0 spiro atoms. The standard InChI is InChI=1S/C27H30N4O2S/c28-16-30-25(31-20-4-2-1-3-5-20)13-18-8-11-23-21(12-18)26(27(33)29-15-17-6-7-17)24(34-23)14-22(32)19-9-10-19/h1-5,17-19H,6-15H2,(H,29,33)(H,30,31). The van der Waals surface area contributed by atoms with Gasteiger partial charge >= 0.3 is 0 Å². The molecule has 0 aliphatic heterocycles. The van der Waals surface area contributed by atoms with Crippen molar-refractivity contribution in [3.8, 4) is 6.19 Å². The van der Waals surface area contributed by atoms with Crippen molar-refractivity contribution in [3.05, 3.63) is 51.2 Å². The van der Waals surface area contributed by atoms with E-state index in [1.54, 1.807) is 11.3 Å². The molecule has 0 saturated heterocycles. The third kappa shape index (κ3) is 5.56. The van der Waals surface area contributed by atoms with Crippen LogP contribution in [-0.4, -0.2) is 24.1 Å². The zero-order valence-corrected chi connectivity index (χ0v) is 20.1. The van der Waals surface area contributed by atoms with E-state index in [9.17, 15) is 14.9 Å². The van der Waals surface area contributed by atoms with Crippen LogP contribution in [0.5, 0.6) is 0 Å². The fourth-order valence-electron chi connectivity index (χ4n) is 4.75. The van der Waals surface area contributed by atoms with Gasteiger partial charge in [0.05, 0.1) is 11.3 Å². The first-order valence-corrected chi connectivity index (χ1v) is 13.1. The minimum atomic E-state index is -0.0167. The summed E-state index contributed by atoms with van der Waals surface area (Å²) in [5, 5.41) is 15.1. The topological polar surface area (TPSA) is 94.4 Å². The van der Waals surface area contributed by atoms with E-state index in [2.05, 4.69) is 15.6 Å². The maximum Gasteiger partial charge on any atom is 0.252 e. The SMILES string of the molecule is N#CNC(CC1CCc2sc(CC(=O)C3CC3)c(C(=O)NCC3CC3)c2C1)=Nc1ccccc1. The van der Waals surface area contributed by atoms with E-state index < -0.39 is 0 Å². The number of carbonyl (C=O) groups is 2. The molecule has 2 fully saturated rings. The van der Waals surface area contributed by atoms with Gasteiger partial charge in [-0.05, 0) is 74.5 Å². The number of nitrogens with zero attached hydrogens (tertiary/aromatic N) is 2. The summed E-state index contributed by atoms with van der Waals surface area (Å²) in [6.07, 6.45) is 10.1. The molecule has 34 heavy (non-hydrogen) atoms. The van der Waals surface area contributed by atoms with Gasteiger partial charge < -0.3 is 5.32 Å². The average Bonchev–Trinajstić information content (AvgIpc) is 3.75. The van der Waals surface area contributed by atoms with Crippen molar-refractivity contribution < 1.29 is 9.59 Å². The molecular formula is C27H30N4O2S. The number of aliphatic imine (C=N–C) groups is 1. The van der Waals surface area contributed by atoms with Crippen LogP contribution >= 0.6 is 11.3 Å². The number of rotatable bonds is 9. The summed E-state index contributed by atoms with van der Waals surface area (Å²) in [6, 6.07) is 9.64. The van der Waals surface area contributed by atoms with Crippen LogP contribution in [0.2, 0.25) is 0 Å². The molecule has 1 heterocycles. The molecule has 0 radical (unpaired) electrons. The molecule has 6 nitrogen and oxygen atoms in total. The first-order valence-electron chi connectivity index (χ1n) is 12.3. The van der Waals surface area contributed by atoms with Crippen molar-refractivity contribution in [2.75, 3.05) is 6.54 Å². The Labute approximate surface area is 204 Å². The maximum atomic E-state index is 13.3. The molecule has 7 heteroatoms. The fourth-order valence-corrected chi connectivity index (χ4v) is 6.11. The lowest BCUT2D eigenvalue weighted by atomic mass is 9.83. The van der Waals surface area contributed by atoms with Gasteiger partial charge in [-0.2, -0.15) is 5.26 Å². The Morgan fingerprint density at radius 3 is 2.59 bits per heavy atom. The van der Waals surface area contributed by atoms with E-state index in [0.717, 1.165) is 60.3 Å². The largest absolute Gasteiger partial charge is 0.352 e. The summed E-state index contributed by atoms with van der Waals surface area (Å²) in [6.45, 7) is 0.725. The lowest BCUT2D eigenvalue weighted by Crippen LogP contribution is -2.29. The Morgan fingerprint density at radius 2 is 1.88 bits per heavy atom. The van der Waals surface area contributed by atoms with E-state index in [4.69, 9.17) is 0 Å². The molecule has 0 bridgehead atoms. The zero-order valence-electron chi connectivity index (χ0n) is 19.3. The van der Waals surface area contributed by atoms with Gasteiger partial charge in [-0.1, -0.05) is 18.2 Å². The lowest BCUT2D eigenvalue weighted by molar-refractivity contribution is -0.119. The number of carbonyl (C=O) groups excluding carboxylic acids is 2. The number of amides is 1. The molecule has 2 aromatic rings. The second kappa shape index (κ2) is 10.1. The number of benzene rings is 1. The summed E-state index contributed by atoms with van der Waals surface area (Å²) in [5.74, 6) is 2.01. The van der Waals surface area contributed by atoms with Crippen LogP contribution in [0, 0.1) is 29.2 Å². The van der Waals surface area contributed by atoms with E-state index >= 15 is 0 Å². The third-order valence-electron chi connectivity index (χ3n) is 6.98. The Kier molecular flexibility index (Phi) is 6.77. The van der Waals surface area contributed by atoms with Gasteiger partial charge in [0.25, 0.3) is 5.91 Å². The van der Waals surface area contributed by atoms with Gasteiger partial charge in [0.1, 0.15) is 11.6 Å². The quantitative estimate of drug-likeness (QED) is 0.238. The first-order chi connectivity index (χ1) is 16.6. The monoisotopic (exact) mass is 474 g/mol. The van der Waals surface area contributed by atoms with E-state index in [1.165, 1.54) is 17.7 Å². The third-order valence-corrected chi connectivity index (χ3v) is 8.27. The molecule has 1 amide bonds. The van der Waals surface area contributed by atoms with Gasteiger partial charge in [0.15, 0.2) is 6.19 Å². The maximum absolute atomic E-state index is 13.3. The van der Waals surface area contributed by atoms with Gasteiger partial charge in [-0.15, -0.1) is 11.3 Å². The molecular weight excluding hydrogens is 444 g/mol. The Balaban J connectivity index is 1.36. The number of nitriles is 1. The van der Waals surface area contributed by atoms with Crippen molar-refractivity contribution in [3.63, 3.8) is 0 Å². The van der Waals surface area contributed by atoms with Crippen molar-refractivity contribution in [1.82, 2.24) is 10.6 Å². The van der Waals surface area contributed by atoms with Gasteiger partial charge in [0, 0.05) is 35.1 Å². The highest BCUT2D eigenvalue weighted by Crippen LogP contribution is 2.40. The van der Waals surface area contributed by atoms with Gasteiger partial charge in [0.2, 0.25) is 0 Å². The molecule has 2 saturated carbocycles. The lowest BCUT2D eigenvalue weighted by Gasteiger charge is -2.23. The van der Waals surface area contributed by atoms with Crippen LogP contribution < -0.4 is 10.6 Å². The Morgan fingerprint density at radius 1 is 1.09 bits per heavy atom. The predicted octanol–water partition coefficient (Wildman–Crippen LogP) is 4.71. The number of thiophene rings is 1.